The normalized spacial score (nSPS) is 10.5. The van der Waals surface area contributed by atoms with Gasteiger partial charge in [-0.3, -0.25) is 9.59 Å². The average Bonchev–Trinajstić information content (AvgIpc) is 3.03. The van der Waals surface area contributed by atoms with Gasteiger partial charge in [0.15, 0.2) is 5.78 Å². The van der Waals surface area contributed by atoms with Crippen LogP contribution in [0.1, 0.15) is 17.3 Å². The van der Waals surface area contributed by atoms with Crippen LogP contribution >= 0.6 is 0 Å². The van der Waals surface area contributed by atoms with Crippen molar-refractivity contribution in [1.82, 2.24) is 20.2 Å². The van der Waals surface area contributed by atoms with Crippen molar-refractivity contribution >= 4 is 17.4 Å². The van der Waals surface area contributed by atoms with E-state index in [1.807, 2.05) is 0 Å². The maximum absolute atomic E-state index is 13.7. The molecule has 1 aromatic heterocycles. The molecule has 0 spiro atoms. The molecule has 0 atom stereocenters. The molecule has 126 valence electrons. The van der Waals surface area contributed by atoms with Crippen molar-refractivity contribution in [3.05, 3.63) is 59.9 Å². The molecule has 7 nitrogen and oxygen atoms in total. The Balaban J connectivity index is 1.66. The Labute approximate surface area is 142 Å². The summed E-state index contributed by atoms with van der Waals surface area (Å²) in [5, 5.41) is 14.2. The molecule has 3 rings (SSSR count). The van der Waals surface area contributed by atoms with Crippen molar-refractivity contribution in [2.75, 3.05) is 5.32 Å². The number of Topliss-reactive ketones (excluding diaryl/α,β-unsaturated/α-hetero) is 1. The highest BCUT2D eigenvalue weighted by Crippen LogP contribution is 2.17. The summed E-state index contributed by atoms with van der Waals surface area (Å²) in [6.45, 7) is 1.30. The molecule has 2 aromatic carbocycles. The summed E-state index contributed by atoms with van der Waals surface area (Å²) in [6.07, 6.45) is 0. The Bertz CT molecular complexity index is 921. The van der Waals surface area contributed by atoms with Gasteiger partial charge in [-0.25, -0.2) is 4.39 Å². The fourth-order valence-corrected chi connectivity index (χ4v) is 2.18. The van der Waals surface area contributed by atoms with Gasteiger partial charge in [-0.2, -0.15) is 4.80 Å². The Kier molecular flexibility index (Phi) is 4.60. The van der Waals surface area contributed by atoms with Crippen LogP contribution in [-0.4, -0.2) is 31.9 Å². The number of carbonyl (C=O) groups excluding carboxylic acids is 2. The van der Waals surface area contributed by atoms with Crippen LogP contribution in [0.2, 0.25) is 0 Å². The van der Waals surface area contributed by atoms with E-state index in [1.165, 1.54) is 19.1 Å². The van der Waals surface area contributed by atoms with Crippen LogP contribution in [0, 0.1) is 5.82 Å². The molecule has 1 amide bonds. The SMILES string of the molecule is CC(=O)c1ccc(NC(=O)Cn2nnc(-c3ccccc3F)n2)cc1. The van der Waals surface area contributed by atoms with Crippen molar-refractivity contribution < 1.29 is 14.0 Å². The summed E-state index contributed by atoms with van der Waals surface area (Å²) in [6, 6.07) is 12.6. The first-order chi connectivity index (χ1) is 12.0. The number of tetrazole rings is 1. The lowest BCUT2D eigenvalue weighted by molar-refractivity contribution is -0.117. The molecule has 3 aromatic rings. The van der Waals surface area contributed by atoms with Crippen LogP contribution in [0.15, 0.2) is 48.5 Å². The number of nitrogens with one attached hydrogen (secondary N) is 1. The minimum atomic E-state index is -0.461. The third-order valence-corrected chi connectivity index (χ3v) is 3.43. The Morgan fingerprint density at radius 3 is 2.52 bits per heavy atom. The molecule has 0 unspecified atom stereocenters. The molecule has 1 N–H and O–H groups in total. The van der Waals surface area contributed by atoms with E-state index in [1.54, 1.807) is 36.4 Å². The van der Waals surface area contributed by atoms with E-state index in [-0.39, 0.29) is 29.6 Å². The molecular formula is C17H14FN5O2. The second kappa shape index (κ2) is 7.00. The predicted molar refractivity (Wildman–Crippen MR) is 88.3 cm³/mol. The lowest BCUT2D eigenvalue weighted by Crippen LogP contribution is -2.20. The fraction of sp³-hybridized carbons (Fsp3) is 0.118. The van der Waals surface area contributed by atoms with Crippen LogP contribution < -0.4 is 5.32 Å². The summed E-state index contributed by atoms with van der Waals surface area (Å²) < 4.78 is 13.7. The van der Waals surface area contributed by atoms with Gasteiger partial charge in [-0.1, -0.05) is 12.1 Å². The topological polar surface area (TPSA) is 89.8 Å². The maximum Gasteiger partial charge on any atom is 0.248 e. The molecule has 8 heteroatoms. The van der Waals surface area contributed by atoms with Gasteiger partial charge in [0.1, 0.15) is 12.4 Å². The van der Waals surface area contributed by atoms with Gasteiger partial charge >= 0.3 is 0 Å². The van der Waals surface area contributed by atoms with Gasteiger partial charge in [-0.15, -0.1) is 10.2 Å². The third kappa shape index (κ3) is 3.92. The van der Waals surface area contributed by atoms with Gasteiger partial charge in [0.25, 0.3) is 0 Å². The lowest BCUT2D eigenvalue weighted by Gasteiger charge is -2.05. The van der Waals surface area contributed by atoms with Crippen LogP contribution in [0.25, 0.3) is 11.4 Å². The molecule has 0 saturated carbocycles. The number of benzene rings is 2. The summed E-state index contributed by atoms with van der Waals surface area (Å²) in [7, 11) is 0. The van der Waals surface area contributed by atoms with E-state index >= 15 is 0 Å². The molecule has 0 aliphatic carbocycles. The number of amides is 1. The van der Waals surface area contributed by atoms with Crippen molar-refractivity contribution in [2.45, 2.75) is 13.5 Å². The lowest BCUT2D eigenvalue weighted by atomic mass is 10.1. The van der Waals surface area contributed by atoms with Crippen LogP contribution in [-0.2, 0) is 11.3 Å². The number of nitrogens with zero attached hydrogens (tertiary/aromatic N) is 4. The first kappa shape index (κ1) is 16.4. The molecule has 0 bridgehead atoms. The molecular weight excluding hydrogens is 325 g/mol. The summed E-state index contributed by atoms with van der Waals surface area (Å²) in [5.74, 6) is -0.771. The maximum atomic E-state index is 13.7. The zero-order valence-corrected chi connectivity index (χ0v) is 13.3. The number of halogens is 1. The second-order valence-corrected chi connectivity index (χ2v) is 5.31. The molecule has 0 saturated heterocycles. The largest absolute Gasteiger partial charge is 0.324 e. The first-order valence-electron chi connectivity index (χ1n) is 7.46. The zero-order valence-electron chi connectivity index (χ0n) is 13.3. The van der Waals surface area contributed by atoms with E-state index in [4.69, 9.17) is 0 Å². The molecule has 0 aliphatic heterocycles. The van der Waals surface area contributed by atoms with Gasteiger partial charge in [0.2, 0.25) is 11.7 Å². The Morgan fingerprint density at radius 1 is 1.12 bits per heavy atom. The number of ketones is 1. The van der Waals surface area contributed by atoms with Crippen molar-refractivity contribution in [3.8, 4) is 11.4 Å². The van der Waals surface area contributed by atoms with Gasteiger partial charge in [0.05, 0.1) is 5.56 Å². The van der Waals surface area contributed by atoms with Gasteiger partial charge in [-0.05, 0) is 48.5 Å². The van der Waals surface area contributed by atoms with Crippen molar-refractivity contribution in [1.29, 1.82) is 0 Å². The zero-order chi connectivity index (χ0) is 17.8. The van der Waals surface area contributed by atoms with E-state index in [9.17, 15) is 14.0 Å². The van der Waals surface area contributed by atoms with E-state index in [2.05, 4.69) is 20.7 Å². The number of aromatic nitrogens is 4. The minimum absolute atomic E-state index is 0.0506. The predicted octanol–water partition coefficient (Wildman–Crippen LogP) is 2.32. The van der Waals surface area contributed by atoms with Gasteiger partial charge < -0.3 is 5.32 Å². The average molecular weight is 339 g/mol. The first-order valence-corrected chi connectivity index (χ1v) is 7.46. The summed E-state index contributed by atoms with van der Waals surface area (Å²) in [4.78, 5) is 24.3. The van der Waals surface area contributed by atoms with Crippen LogP contribution in [0.5, 0.6) is 0 Å². The monoisotopic (exact) mass is 339 g/mol. The highest BCUT2D eigenvalue weighted by atomic mass is 19.1. The third-order valence-electron chi connectivity index (χ3n) is 3.43. The van der Waals surface area contributed by atoms with Crippen molar-refractivity contribution in [3.63, 3.8) is 0 Å². The molecule has 1 heterocycles. The Morgan fingerprint density at radius 2 is 1.84 bits per heavy atom. The molecule has 0 fully saturated rings. The smallest absolute Gasteiger partial charge is 0.248 e. The molecule has 0 aliphatic rings. The van der Waals surface area contributed by atoms with E-state index in [0.29, 0.717) is 11.3 Å². The van der Waals surface area contributed by atoms with Crippen molar-refractivity contribution in [2.24, 2.45) is 0 Å². The molecule has 25 heavy (non-hydrogen) atoms. The summed E-state index contributed by atoms with van der Waals surface area (Å²) >= 11 is 0. The number of anilines is 1. The van der Waals surface area contributed by atoms with Gasteiger partial charge in [0, 0.05) is 11.3 Å². The number of hydrogen-bond acceptors (Lipinski definition) is 5. The highest BCUT2D eigenvalue weighted by Gasteiger charge is 2.12. The Hall–Kier alpha value is -3.42. The summed E-state index contributed by atoms with van der Waals surface area (Å²) in [5.41, 5.74) is 1.32. The quantitative estimate of drug-likeness (QED) is 0.721. The molecule has 0 radical (unpaired) electrons. The number of hydrogen-bond donors (Lipinski definition) is 1. The van der Waals surface area contributed by atoms with Crippen LogP contribution in [0.4, 0.5) is 10.1 Å². The highest BCUT2D eigenvalue weighted by molar-refractivity contribution is 5.95. The number of rotatable bonds is 5. The fourth-order valence-electron chi connectivity index (χ4n) is 2.18. The number of carbonyl (C=O) groups is 2. The van der Waals surface area contributed by atoms with E-state index in [0.717, 1.165) is 4.80 Å². The standard InChI is InChI=1S/C17H14FN5O2/c1-11(24)12-6-8-13(9-7-12)19-16(25)10-23-21-17(20-22-23)14-4-2-3-5-15(14)18/h2-9H,10H2,1H3,(H,19,25). The van der Waals surface area contributed by atoms with E-state index < -0.39 is 5.82 Å². The second-order valence-electron chi connectivity index (χ2n) is 5.31. The minimum Gasteiger partial charge on any atom is -0.324 e. The van der Waals surface area contributed by atoms with Crippen LogP contribution in [0.3, 0.4) is 0 Å².